The summed E-state index contributed by atoms with van der Waals surface area (Å²) in [4.78, 5) is 23.7. The molecule has 1 N–H and O–H groups in total. The fourth-order valence-electron chi connectivity index (χ4n) is 1.53. The number of alkyl halides is 3. The third-order valence-electron chi connectivity index (χ3n) is 2.57. The molecule has 0 saturated carbocycles. The van der Waals surface area contributed by atoms with Crippen molar-refractivity contribution in [3.8, 4) is 0 Å². The van der Waals surface area contributed by atoms with Crippen molar-refractivity contribution in [1.29, 1.82) is 0 Å². The quantitative estimate of drug-likeness (QED) is 0.870. The van der Waals surface area contributed by atoms with E-state index in [0.29, 0.717) is 10.5 Å². The summed E-state index contributed by atoms with van der Waals surface area (Å²) in [6.07, 6.45) is -4.61. The van der Waals surface area contributed by atoms with Crippen molar-refractivity contribution in [3.05, 3.63) is 34.3 Å². The number of nitrogens with zero attached hydrogens (tertiary/aromatic N) is 1. The second-order valence-electron chi connectivity index (χ2n) is 4.38. The van der Waals surface area contributed by atoms with E-state index >= 15 is 0 Å². The van der Waals surface area contributed by atoms with Crippen LogP contribution in [-0.2, 0) is 4.79 Å². The monoisotopic (exact) mass is 366 g/mol. The second-order valence-corrected chi connectivity index (χ2v) is 5.29. The maximum Gasteiger partial charge on any atom is 0.406 e. The lowest BCUT2D eigenvalue weighted by Gasteiger charge is -2.18. The van der Waals surface area contributed by atoms with Crippen molar-refractivity contribution < 1.29 is 22.8 Å². The Hall–Kier alpha value is -1.57. The van der Waals surface area contributed by atoms with Crippen molar-refractivity contribution in [2.45, 2.75) is 12.6 Å². The summed E-state index contributed by atoms with van der Waals surface area (Å²) >= 11 is 3.23. The minimum atomic E-state index is -4.43. The van der Waals surface area contributed by atoms with Crippen molar-refractivity contribution in [1.82, 2.24) is 10.2 Å². The van der Waals surface area contributed by atoms with Gasteiger partial charge in [-0.05, 0) is 24.3 Å². The Labute approximate surface area is 128 Å². The highest BCUT2D eigenvalue weighted by molar-refractivity contribution is 9.10. The van der Waals surface area contributed by atoms with Gasteiger partial charge in [0.15, 0.2) is 0 Å². The molecule has 116 valence electrons. The molecule has 0 aliphatic rings. The fourth-order valence-corrected chi connectivity index (χ4v) is 1.80. The lowest BCUT2D eigenvalue weighted by molar-refractivity contribution is -0.158. The summed E-state index contributed by atoms with van der Waals surface area (Å²) in [5, 5.41) is 2.48. The molecule has 0 atom stereocenters. The van der Waals surface area contributed by atoms with Crippen LogP contribution in [0.2, 0.25) is 0 Å². The molecule has 0 bridgehead atoms. The molecular formula is C13H14BrF3N2O2. The molecule has 2 amide bonds. The Morgan fingerprint density at radius 2 is 1.81 bits per heavy atom. The molecule has 0 aliphatic heterocycles. The van der Waals surface area contributed by atoms with Crippen LogP contribution in [0.5, 0.6) is 0 Å². The Kier molecular flexibility index (Phi) is 6.19. The van der Waals surface area contributed by atoms with E-state index in [1.807, 2.05) is 0 Å². The van der Waals surface area contributed by atoms with Gasteiger partial charge in [-0.3, -0.25) is 9.59 Å². The average Bonchev–Trinajstić information content (AvgIpc) is 2.37. The van der Waals surface area contributed by atoms with E-state index in [2.05, 4.69) is 21.2 Å². The highest BCUT2D eigenvalue weighted by atomic mass is 79.9. The van der Waals surface area contributed by atoms with Crippen LogP contribution in [0.1, 0.15) is 16.8 Å². The SMILES string of the molecule is CN(CC(F)(F)F)C(=O)CCNC(=O)c1ccc(Br)cc1. The molecule has 0 fully saturated rings. The predicted molar refractivity (Wildman–Crippen MR) is 74.8 cm³/mol. The van der Waals surface area contributed by atoms with Gasteiger partial charge in [-0.25, -0.2) is 0 Å². The molecular weight excluding hydrogens is 353 g/mol. The number of rotatable bonds is 5. The normalized spacial score (nSPS) is 11.1. The zero-order valence-corrected chi connectivity index (χ0v) is 12.8. The minimum absolute atomic E-state index is 0.0179. The van der Waals surface area contributed by atoms with Crippen molar-refractivity contribution >= 4 is 27.7 Å². The van der Waals surface area contributed by atoms with Gasteiger partial charge in [0.25, 0.3) is 5.91 Å². The van der Waals surface area contributed by atoms with Crippen LogP contribution in [0.3, 0.4) is 0 Å². The maximum atomic E-state index is 12.1. The molecule has 1 aromatic rings. The average molecular weight is 367 g/mol. The number of carbonyl (C=O) groups is 2. The van der Waals surface area contributed by atoms with Crippen molar-refractivity contribution in [2.75, 3.05) is 20.1 Å². The molecule has 8 heteroatoms. The Bertz CT molecular complexity index is 503. The molecule has 0 radical (unpaired) electrons. The van der Waals surface area contributed by atoms with Crippen LogP contribution in [0, 0.1) is 0 Å². The lowest BCUT2D eigenvalue weighted by atomic mass is 10.2. The summed E-state index contributed by atoms with van der Waals surface area (Å²) in [6, 6.07) is 6.57. The Balaban J connectivity index is 2.37. The molecule has 21 heavy (non-hydrogen) atoms. The van der Waals surface area contributed by atoms with Gasteiger partial charge in [-0.2, -0.15) is 13.2 Å². The molecule has 0 saturated heterocycles. The first-order valence-corrected chi connectivity index (χ1v) is 6.83. The van der Waals surface area contributed by atoms with E-state index in [-0.39, 0.29) is 18.9 Å². The standard InChI is InChI=1S/C13H14BrF3N2O2/c1-19(8-13(15,16)17)11(20)6-7-18-12(21)9-2-4-10(14)5-3-9/h2-5H,6-8H2,1H3,(H,18,21). The van der Waals surface area contributed by atoms with Crippen molar-refractivity contribution in [2.24, 2.45) is 0 Å². The van der Waals surface area contributed by atoms with E-state index in [1.54, 1.807) is 24.3 Å². The number of nitrogens with one attached hydrogen (secondary N) is 1. The number of hydrogen-bond acceptors (Lipinski definition) is 2. The highest BCUT2D eigenvalue weighted by Gasteiger charge is 2.30. The highest BCUT2D eigenvalue weighted by Crippen LogP contribution is 2.15. The second kappa shape index (κ2) is 7.44. The fraction of sp³-hybridized carbons (Fsp3) is 0.385. The molecule has 1 rings (SSSR count). The van der Waals surface area contributed by atoms with Gasteiger partial charge in [0, 0.05) is 30.0 Å². The molecule has 0 aromatic heterocycles. The number of hydrogen-bond donors (Lipinski definition) is 1. The zero-order chi connectivity index (χ0) is 16.0. The van der Waals surface area contributed by atoms with Crippen LogP contribution >= 0.6 is 15.9 Å². The van der Waals surface area contributed by atoms with E-state index in [0.717, 1.165) is 11.5 Å². The summed E-state index contributed by atoms with van der Waals surface area (Å²) in [5.74, 6) is -1.06. The third kappa shape index (κ3) is 6.61. The Morgan fingerprint density at radius 3 is 2.33 bits per heavy atom. The van der Waals surface area contributed by atoms with Gasteiger partial charge in [0.05, 0.1) is 0 Å². The van der Waals surface area contributed by atoms with Gasteiger partial charge in [-0.1, -0.05) is 15.9 Å². The molecule has 4 nitrogen and oxygen atoms in total. The van der Waals surface area contributed by atoms with Gasteiger partial charge < -0.3 is 10.2 Å². The summed E-state index contributed by atoms with van der Waals surface area (Å²) in [7, 11) is 1.08. The number of halogens is 4. The number of carbonyl (C=O) groups excluding carboxylic acids is 2. The molecule has 0 unspecified atom stereocenters. The summed E-state index contributed by atoms with van der Waals surface area (Å²) < 4.78 is 37.1. The van der Waals surface area contributed by atoms with E-state index in [4.69, 9.17) is 0 Å². The van der Waals surface area contributed by atoms with Crippen LogP contribution in [0.25, 0.3) is 0 Å². The van der Waals surface area contributed by atoms with E-state index in [9.17, 15) is 22.8 Å². The molecule has 0 aliphatic carbocycles. The van der Waals surface area contributed by atoms with Gasteiger partial charge in [0.2, 0.25) is 5.91 Å². The van der Waals surface area contributed by atoms with E-state index in [1.165, 1.54) is 0 Å². The first-order valence-electron chi connectivity index (χ1n) is 6.03. The van der Waals surface area contributed by atoms with Crippen molar-refractivity contribution in [3.63, 3.8) is 0 Å². The first kappa shape index (κ1) is 17.5. The molecule has 0 spiro atoms. The predicted octanol–water partition coefficient (Wildman–Crippen LogP) is 2.59. The number of amides is 2. The number of benzene rings is 1. The van der Waals surface area contributed by atoms with Crippen LogP contribution in [-0.4, -0.2) is 43.0 Å². The largest absolute Gasteiger partial charge is 0.406 e. The third-order valence-corrected chi connectivity index (χ3v) is 3.10. The first-order chi connectivity index (χ1) is 9.69. The minimum Gasteiger partial charge on any atom is -0.352 e. The van der Waals surface area contributed by atoms with Crippen LogP contribution < -0.4 is 5.32 Å². The summed E-state index contributed by atoms with van der Waals surface area (Å²) in [5.41, 5.74) is 0.411. The maximum absolute atomic E-state index is 12.1. The van der Waals surface area contributed by atoms with Gasteiger partial charge >= 0.3 is 6.18 Å². The molecule has 1 aromatic carbocycles. The van der Waals surface area contributed by atoms with Gasteiger partial charge in [-0.15, -0.1) is 0 Å². The zero-order valence-electron chi connectivity index (χ0n) is 11.2. The van der Waals surface area contributed by atoms with Gasteiger partial charge in [0.1, 0.15) is 6.54 Å². The van der Waals surface area contributed by atoms with Crippen LogP contribution in [0.4, 0.5) is 13.2 Å². The Morgan fingerprint density at radius 1 is 1.24 bits per heavy atom. The summed E-state index contributed by atoms with van der Waals surface area (Å²) in [6.45, 7) is -1.32. The van der Waals surface area contributed by atoms with Crippen LogP contribution in [0.15, 0.2) is 28.7 Å². The topological polar surface area (TPSA) is 49.4 Å². The smallest absolute Gasteiger partial charge is 0.352 e. The lowest BCUT2D eigenvalue weighted by Crippen LogP contribution is -2.37. The molecule has 0 heterocycles. The van der Waals surface area contributed by atoms with E-state index < -0.39 is 18.6 Å².